The third kappa shape index (κ3) is 4.15. The molecule has 0 aliphatic carbocycles. The first-order valence-corrected chi connectivity index (χ1v) is 9.13. The van der Waals surface area contributed by atoms with Crippen molar-refractivity contribution in [1.82, 2.24) is 8.61 Å². The van der Waals surface area contributed by atoms with Crippen molar-refractivity contribution in [3.05, 3.63) is 37.9 Å². The molecular weight excluding hydrogens is 411 g/mol. The van der Waals surface area contributed by atoms with Gasteiger partial charge in [0, 0.05) is 52.4 Å². The monoisotopic (exact) mass is 427 g/mol. The molecule has 1 heterocycles. The van der Waals surface area contributed by atoms with Gasteiger partial charge in [0.2, 0.25) is 0 Å². The molecule has 0 atom stereocenters. The van der Waals surface area contributed by atoms with Crippen molar-refractivity contribution in [2.24, 2.45) is 0 Å². The molecule has 0 spiro atoms. The Morgan fingerprint density at radius 2 is 1.43 bits per heavy atom. The van der Waals surface area contributed by atoms with E-state index in [1.54, 1.807) is 0 Å². The van der Waals surface area contributed by atoms with Crippen LogP contribution in [0.25, 0.3) is 0 Å². The first-order chi connectivity index (χ1) is 12.8. The average Bonchev–Trinajstić information content (AvgIpc) is 2.59. The van der Waals surface area contributed by atoms with Crippen LogP contribution in [0.15, 0.2) is 12.1 Å². The van der Waals surface area contributed by atoms with Crippen LogP contribution in [0.3, 0.4) is 0 Å². The second-order valence-corrected chi connectivity index (χ2v) is 8.19. The molecule has 0 N–H and O–H groups in total. The number of rotatable bonds is 5. The van der Waals surface area contributed by atoms with E-state index >= 15 is 0 Å². The zero-order valence-corrected chi connectivity index (χ0v) is 15.5. The smallest absolute Gasteiger partial charge is 0.358 e. The normalized spacial score (nSPS) is 16.4. The fourth-order valence-corrected chi connectivity index (χ4v) is 3.83. The van der Waals surface area contributed by atoms with Crippen LogP contribution in [-0.4, -0.2) is 67.1 Å². The summed E-state index contributed by atoms with van der Waals surface area (Å²) in [6, 6.07) is 0.483. The average molecular weight is 427 g/mol. The summed E-state index contributed by atoms with van der Waals surface area (Å²) >= 11 is 0. The van der Waals surface area contributed by atoms with E-state index < -0.39 is 48.9 Å². The Hall–Kier alpha value is -2.52. The topological polar surface area (TPSA) is 130 Å². The van der Waals surface area contributed by atoms with Gasteiger partial charge in [-0.1, -0.05) is 0 Å². The summed E-state index contributed by atoms with van der Waals surface area (Å²) < 4.78 is 65.2. The maximum Gasteiger partial charge on any atom is 0.416 e. The Morgan fingerprint density at radius 1 is 1.00 bits per heavy atom. The molecule has 28 heavy (non-hydrogen) atoms. The number of nitro benzene ring substituents is 2. The number of anilines is 1. The number of benzene rings is 1. The standard InChI is InChI=1S/C13H16F3N5O6S/c1-17(2)28(26,27)19-5-3-18(4-6-19)12-10(20(22)23)7-9(13(14,15)16)8-11(12)21(24)25/h7-8H,3-6H2,1-2H3. The van der Waals surface area contributed by atoms with Crippen LogP contribution in [0.5, 0.6) is 0 Å². The van der Waals surface area contributed by atoms with Crippen LogP contribution in [-0.2, 0) is 16.4 Å². The molecular formula is C13H16F3N5O6S. The SMILES string of the molecule is CN(C)S(=O)(=O)N1CCN(c2c([N+](=O)[O-])cc(C(F)(F)F)cc2[N+](=O)[O-])CC1. The fraction of sp³-hybridized carbons (Fsp3) is 0.538. The van der Waals surface area contributed by atoms with Crippen LogP contribution < -0.4 is 4.90 Å². The predicted molar refractivity (Wildman–Crippen MR) is 91.1 cm³/mol. The largest absolute Gasteiger partial charge is 0.416 e. The molecule has 1 saturated heterocycles. The number of piperazine rings is 1. The predicted octanol–water partition coefficient (Wildman–Crippen LogP) is 1.45. The van der Waals surface area contributed by atoms with Gasteiger partial charge in [0.25, 0.3) is 21.6 Å². The van der Waals surface area contributed by atoms with Gasteiger partial charge in [-0.2, -0.15) is 30.2 Å². The highest BCUT2D eigenvalue weighted by Crippen LogP contribution is 2.43. The highest BCUT2D eigenvalue weighted by atomic mass is 32.2. The molecule has 15 heteroatoms. The molecule has 1 aliphatic rings. The van der Waals surface area contributed by atoms with Crippen molar-refractivity contribution < 1.29 is 31.4 Å². The molecule has 1 aliphatic heterocycles. The Balaban J connectivity index is 2.49. The van der Waals surface area contributed by atoms with Crippen molar-refractivity contribution in [2.75, 3.05) is 45.2 Å². The lowest BCUT2D eigenvalue weighted by atomic mass is 10.1. The molecule has 1 aromatic rings. The summed E-state index contributed by atoms with van der Waals surface area (Å²) in [6.07, 6.45) is -5.01. The van der Waals surface area contributed by atoms with E-state index in [1.807, 2.05) is 0 Å². The van der Waals surface area contributed by atoms with Gasteiger partial charge in [-0.05, 0) is 0 Å². The number of nitro groups is 2. The highest BCUT2D eigenvalue weighted by molar-refractivity contribution is 7.86. The van der Waals surface area contributed by atoms with E-state index in [0.29, 0.717) is 0 Å². The first kappa shape index (κ1) is 21.8. The van der Waals surface area contributed by atoms with Gasteiger partial charge < -0.3 is 4.90 Å². The second-order valence-electron chi connectivity index (χ2n) is 6.05. The van der Waals surface area contributed by atoms with Crippen molar-refractivity contribution >= 4 is 27.3 Å². The summed E-state index contributed by atoms with van der Waals surface area (Å²) in [4.78, 5) is 21.5. The zero-order chi connectivity index (χ0) is 21.4. The van der Waals surface area contributed by atoms with E-state index in [-0.39, 0.29) is 38.3 Å². The number of nitrogens with zero attached hydrogens (tertiary/aromatic N) is 5. The zero-order valence-electron chi connectivity index (χ0n) is 14.7. The lowest BCUT2D eigenvalue weighted by molar-refractivity contribution is -0.393. The summed E-state index contributed by atoms with van der Waals surface area (Å²) in [6.45, 7) is -0.619. The summed E-state index contributed by atoms with van der Waals surface area (Å²) in [7, 11) is -1.14. The maximum absolute atomic E-state index is 13.0. The Morgan fingerprint density at radius 3 is 1.75 bits per heavy atom. The Kier molecular flexibility index (Phi) is 5.82. The fourth-order valence-electron chi connectivity index (χ4n) is 2.74. The van der Waals surface area contributed by atoms with E-state index in [4.69, 9.17) is 0 Å². The molecule has 0 radical (unpaired) electrons. The molecule has 0 amide bonds. The van der Waals surface area contributed by atoms with E-state index in [0.717, 1.165) is 13.5 Å². The summed E-state index contributed by atoms with van der Waals surface area (Å²) in [5, 5.41) is 22.6. The van der Waals surface area contributed by atoms with Gasteiger partial charge >= 0.3 is 6.18 Å². The third-order valence-corrected chi connectivity index (χ3v) is 6.07. The highest BCUT2D eigenvalue weighted by Gasteiger charge is 2.40. The van der Waals surface area contributed by atoms with Crippen LogP contribution in [0.1, 0.15) is 5.56 Å². The maximum atomic E-state index is 13.0. The molecule has 1 aromatic carbocycles. The molecule has 2 rings (SSSR count). The number of alkyl halides is 3. The van der Waals surface area contributed by atoms with E-state index in [1.165, 1.54) is 14.1 Å². The van der Waals surface area contributed by atoms with Gasteiger partial charge in [-0.15, -0.1) is 0 Å². The summed E-state index contributed by atoms with van der Waals surface area (Å²) in [5.41, 5.74) is -4.22. The van der Waals surface area contributed by atoms with E-state index in [2.05, 4.69) is 0 Å². The van der Waals surface area contributed by atoms with E-state index in [9.17, 15) is 41.8 Å². The van der Waals surface area contributed by atoms with Crippen molar-refractivity contribution in [1.29, 1.82) is 0 Å². The number of hydrogen-bond donors (Lipinski definition) is 0. The van der Waals surface area contributed by atoms with Gasteiger partial charge in [0.1, 0.15) is 0 Å². The lowest BCUT2D eigenvalue weighted by Crippen LogP contribution is -2.51. The minimum atomic E-state index is -5.01. The van der Waals surface area contributed by atoms with Gasteiger partial charge in [-0.25, -0.2) is 0 Å². The molecule has 0 bridgehead atoms. The minimum Gasteiger partial charge on any atom is -0.358 e. The molecule has 1 fully saturated rings. The Labute approximate surface area is 157 Å². The van der Waals surface area contributed by atoms with Crippen molar-refractivity contribution in [3.8, 4) is 0 Å². The van der Waals surface area contributed by atoms with Crippen LogP contribution >= 0.6 is 0 Å². The summed E-state index contributed by atoms with van der Waals surface area (Å²) in [5.74, 6) is 0. The van der Waals surface area contributed by atoms with Crippen LogP contribution in [0.2, 0.25) is 0 Å². The number of halogens is 3. The molecule has 0 saturated carbocycles. The van der Waals surface area contributed by atoms with Crippen LogP contribution in [0, 0.1) is 20.2 Å². The number of hydrogen-bond acceptors (Lipinski definition) is 7. The quantitative estimate of drug-likeness (QED) is 0.513. The molecule has 0 aromatic heterocycles. The first-order valence-electron chi connectivity index (χ1n) is 7.73. The van der Waals surface area contributed by atoms with Crippen molar-refractivity contribution in [2.45, 2.75) is 6.18 Å². The van der Waals surface area contributed by atoms with Gasteiger partial charge in [0.05, 0.1) is 15.4 Å². The molecule has 156 valence electrons. The Bertz CT molecular complexity index is 861. The molecule has 0 unspecified atom stereocenters. The second kappa shape index (κ2) is 7.48. The molecule has 11 nitrogen and oxygen atoms in total. The van der Waals surface area contributed by atoms with Crippen molar-refractivity contribution in [3.63, 3.8) is 0 Å². The third-order valence-electron chi connectivity index (χ3n) is 4.13. The van der Waals surface area contributed by atoms with Gasteiger partial charge in [0.15, 0.2) is 5.69 Å². The van der Waals surface area contributed by atoms with Gasteiger partial charge in [-0.3, -0.25) is 20.2 Å². The minimum absolute atomic E-state index is 0.143. The van der Waals surface area contributed by atoms with Crippen LogP contribution in [0.4, 0.5) is 30.2 Å². The lowest BCUT2D eigenvalue weighted by Gasteiger charge is -2.35.